The van der Waals surface area contributed by atoms with E-state index < -0.39 is 0 Å². The molecule has 1 aliphatic rings. The van der Waals surface area contributed by atoms with Crippen molar-refractivity contribution < 1.29 is 4.79 Å². The molecule has 1 heterocycles. The second kappa shape index (κ2) is 7.80. The minimum absolute atomic E-state index is 0.369. The number of benzene rings is 2. The van der Waals surface area contributed by atoms with Gasteiger partial charge in [0.2, 0.25) is 5.91 Å². The van der Waals surface area contributed by atoms with Gasteiger partial charge in [-0.2, -0.15) is 0 Å². The molecule has 3 aromatic rings. The van der Waals surface area contributed by atoms with E-state index in [1.54, 1.807) is 6.07 Å². The lowest BCUT2D eigenvalue weighted by Gasteiger charge is -2.24. The normalized spacial score (nSPS) is 19.4. The number of allylic oxidation sites excluding steroid dienone is 1. The van der Waals surface area contributed by atoms with Crippen molar-refractivity contribution in [2.75, 3.05) is 6.54 Å². The molecule has 4 heteroatoms. The third kappa shape index (κ3) is 3.96. The highest BCUT2D eigenvalue weighted by atomic mass is 16.1. The van der Waals surface area contributed by atoms with Crippen molar-refractivity contribution in [1.29, 1.82) is 0 Å². The van der Waals surface area contributed by atoms with Gasteiger partial charge in [0.25, 0.3) is 0 Å². The molecule has 1 aliphatic carbocycles. The number of primary amides is 1. The number of carbonyl (C=O) groups excluding carboxylic acids is 1. The summed E-state index contributed by atoms with van der Waals surface area (Å²) >= 11 is 0. The molecule has 0 aliphatic heterocycles. The maximum Gasteiger partial charge on any atom is 0.248 e. The predicted molar refractivity (Wildman–Crippen MR) is 110 cm³/mol. The van der Waals surface area contributed by atoms with Gasteiger partial charge in [-0.15, -0.1) is 0 Å². The fourth-order valence-corrected chi connectivity index (χ4v) is 3.90. The number of hydrogen-bond donors (Lipinski definition) is 3. The van der Waals surface area contributed by atoms with E-state index >= 15 is 0 Å². The lowest BCUT2D eigenvalue weighted by atomic mass is 9.87. The largest absolute Gasteiger partial charge is 0.366 e. The first kappa shape index (κ1) is 17.6. The summed E-state index contributed by atoms with van der Waals surface area (Å²) in [5, 5.41) is 4.74. The third-order valence-corrected chi connectivity index (χ3v) is 5.43. The number of amides is 1. The molecule has 1 amide bonds. The van der Waals surface area contributed by atoms with Crippen LogP contribution >= 0.6 is 0 Å². The summed E-state index contributed by atoms with van der Waals surface area (Å²) in [6.07, 6.45) is 9.89. The molecule has 0 radical (unpaired) electrons. The number of nitrogens with one attached hydrogen (secondary N) is 2. The summed E-state index contributed by atoms with van der Waals surface area (Å²) in [6.45, 7) is 0.985. The zero-order valence-electron chi connectivity index (χ0n) is 15.3. The van der Waals surface area contributed by atoms with Crippen molar-refractivity contribution in [3.05, 3.63) is 83.6 Å². The molecule has 4 N–H and O–H groups in total. The van der Waals surface area contributed by atoms with Gasteiger partial charge in [0.1, 0.15) is 0 Å². The standard InChI is InChI=1S/C23H25N3O/c24-23(27)18-8-11-22-20(14-18)21(15-26-22)17-6-9-19(10-7-17)25-13-12-16-4-2-1-3-5-16/h1-6,8-9,11,14-15,17,19,25-26H,7,10,12-13H2,(H2,24,27). The van der Waals surface area contributed by atoms with Crippen LogP contribution in [0.4, 0.5) is 0 Å². The van der Waals surface area contributed by atoms with Crippen LogP contribution in [0.3, 0.4) is 0 Å². The molecule has 2 atom stereocenters. The van der Waals surface area contributed by atoms with Crippen LogP contribution in [-0.4, -0.2) is 23.5 Å². The van der Waals surface area contributed by atoms with Crippen LogP contribution in [0.15, 0.2) is 66.9 Å². The van der Waals surface area contributed by atoms with E-state index in [0.29, 0.717) is 17.5 Å². The molecule has 4 rings (SSSR count). The first-order valence-electron chi connectivity index (χ1n) is 9.57. The maximum absolute atomic E-state index is 11.5. The Morgan fingerprint density at radius 3 is 2.70 bits per heavy atom. The number of nitrogens with two attached hydrogens (primary N) is 1. The summed E-state index contributed by atoms with van der Waals surface area (Å²) in [5.74, 6) is -0.0139. The molecule has 1 aromatic heterocycles. The van der Waals surface area contributed by atoms with Gasteiger partial charge in [-0.3, -0.25) is 4.79 Å². The van der Waals surface area contributed by atoms with Crippen LogP contribution in [0.5, 0.6) is 0 Å². The van der Waals surface area contributed by atoms with Crippen molar-refractivity contribution in [3.8, 4) is 0 Å². The first-order valence-corrected chi connectivity index (χ1v) is 9.57. The number of fused-ring (bicyclic) bond motifs is 1. The van der Waals surface area contributed by atoms with Crippen LogP contribution in [0.1, 0.15) is 40.2 Å². The Kier molecular flexibility index (Phi) is 5.07. The fourth-order valence-electron chi connectivity index (χ4n) is 3.90. The zero-order chi connectivity index (χ0) is 18.6. The van der Waals surface area contributed by atoms with Crippen LogP contribution in [0, 0.1) is 0 Å². The van der Waals surface area contributed by atoms with Gasteiger partial charge in [-0.05, 0) is 55.1 Å². The average molecular weight is 359 g/mol. The highest BCUT2D eigenvalue weighted by molar-refractivity contribution is 5.98. The summed E-state index contributed by atoms with van der Waals surface area (Å²) in [7, 11) is 0. The van der Waals surface area contributed by atoms with Gasteiger partial charge in [0.05, 0.1) is 0 Å². The SMILES string of the molecule is NC(=O)c1ccc2[nH]cc(C3C=CC(NCCc4ccccc4)CC3)c2c1. The van der Waals surface area contributed by atoms with Crippen molar-refractivity contribution in [3.63, 3.8) is 0 Å². The monoisotopic (exact) mass is 359 g/mol. The number of carbonyl (C=O) groups is 1. The minimum atomic E-state index is -0.383. The number of aromatic nitrogens is 1. The minimum Gasteiger partial charge on any atom is -0.366 e. The third-order valence-electron chi connectivity index (χ3n) is 5.43. The Morgan fingerprint density at radius 1 is 1.11 bits per heavy atom. The lowest BCUT2D eigenvalue weighted by Crippen LogP contribution is -2.31. The molecule has 27 heavy (non-hydrogen) atoms. The highest BCUT2D eigenvalue weighted by Gasteiger charge is 2.20. The molecule has 138 valence electrons. The highest BCUT2D eigenvalue weighted by Crippen LogP contribution is 2.33. The van der Waals surface area contributed by atoms with E-state index in [0.717, 1.165) is 36.7 Å². The Labute approximate surface area is 159 Å². The predicted octanol–water partition coefficient (Wildman–Crippen LogP) is 3.90. The van der Waals surface area contributed by atoms with E-state index in [2.05, 4.69) is 59.0 Å². The van der Waals surface area contributed by atoms with E-state index in [-0.39, 0.29) is 5.91 Å². The van der Waals surface area contributed by atoms with Crippen molar-refractivity contribution in [2.45, 2.75) is 31.2 Å². The fraction of sp³-hybridized carbons (Fsp3) is 0.261. The van der Waals surface area contributed by atoms with E-state index in [1.165, 1.54) is 11.1 Å². The quantitative estimate of drug-likeness (QED) is 0.584. The van der Waals surface area contributed by atoms with E-state index in [4.69, 9.17) is 5.73 Å². The molecular weight excluding hydrogens is 334 g/mol. The van der Waals surface area contributed by atoms with Gasteiger partial charge in [-0.1, -0.05) is 42.5 Å². The van der Waals surface area contributed by atoms with Gasteiger partial charge in [0, 0.05) is 34.6 Å². The topological polar surface area (TPSA) is 70.9 Å². The lowest BCUT2D eigenvalue weighted by molar-refractivity contribution is 0.100. The molecule has 0 saturated heterocycles. The van der Waals surface area contributed by atoms with Crippen LogP contribution < -0.4 is 11.1 Å². The Bertz CT molecular complexity index is 958. The van der Waals surface area contributed by atoms with Gasteiger partial charge in [-0.25, -0.2) is 0 Å². The van der Waals surface area contributed by atoms with Crippen molar-refractivity contribution in [2.24, 2.45) is 5.73 Å². The van der Waals surface area contributed by atoms with Crippen LogP contribution in [0.25, 0.3) is 10.9 Å². The van der Waals surface area contributed by atoms with Gasteiger partial charge in [0.15, 0.2) is 0 Å². The van der Waals surface area contributed by atoms with Crippen LogP contribution in [-0.2, 0) is 6.42 Å². The molecule has 4 nitrogen and oxygen atoms in total. The number of hydrogen-bond acceptors (Lipinski definition) is 2. The number of H-pyrrole nitrogens is 1. The van der Waals surface area contributed by atoms with Gasteiger partial charge >= 0.3 is 0 Å². The van der Waals surface area contributed by atoms with Crippen molar-refractivity contribution in [1.82, 2.24) is 10.3 Å². The molecular formula is C23H25N3O. The second-order valence-corrected chi connectivity index (χ2v) is 7.23. The first-order chi connectivity index (χ1) is 13.2. The zero-order valence-corrected chi connectivity index (χ0v) is 15.3. The molecule has 2 unspecified atom stereocenters. The molecule has 0 saturated carbocycles. The second-order valence-electron chi connectivity index (χ2n) is 7.23. The van der Waals surface area contributed by atoms with E-state index in [1.807, 2.05) is 12.1 Å². The summed E-state index contributed by atoms with van der Waals surface area (Å²) in [6, 6.07) is 16.6. The Hall–Kier alpha value is -2.85. The molecule has 0 fully saturated rings. The van der Waals surface area contributed by atoms with E-state index in [9.17, 15) is 4.79 Å². The van der Waals surface area contributed by atoms with Crippen LogP contribution in [0.2, 0.25) is 0 Å². The number of aromatic amines is 1. The maximum atomic E-state index is 11.5. The van der Waals surface area contributed by atoms with Crippen molar-refractivity contribution >= 4 is 16.8 Å². The molecule has 2 aromatic carbocycles. The number of rotatable bonds is 6. The van der Waals surface area contributed by atoms with Gasteiger partial charge < -0.3 is 16.0 Å². The average Bonchev–Trinajstić information content (AvgIpc) is 3.12. The summed E-state index contributed by atoms with van der Waals surface area (Å²) < 4.78 is 0. The Morgan fingerprint density at radius 2 is 1.96 bits per heavy atom. The summed E-state index contributed by atoms with van der Waals surface area (Å²) in [4.78, 5) is 14.8. The molecule has 0 bridgehead atoms. The summed E-state index contributed by atoms with van der Waals surface area (Å²) in [5.41, 5.74) is 9.65. The Balaban J connectivity index is 1.40. The molecule has 0 spiro atoms. The smallest absolute Gasteiger partial charge is 0.248 e.